The van der Waals surface area contributed by atoms with Crippen LogP contribution in [0.1, 0.15) is 18.9 Å². The molecule has 0 aromatic heterocycles. The largest absolute Gasteiger partial charge is 0.398 e. The van der Waals surface area contributed by atoms with Gasteiger partial charge in [0, 0.05) is 10.6 Å². The predicted molar refractivity (Wildman–Crippen MR) is 61.0 cm³/mol. The van der Waals surface area contributed by atoms with E-state index in [2.05, 4.69) is 6.92 Å². The molecule has 1 rings (SSSR count). The molecule has 2 nitrogen and oxygen atoms in total. The van der Waals surface area contributed by atoms with Gasteiger partial charge in [0.05, 0.1) is 5.69 Å². The summed E-state index contributed by atoms with van der Waals surface area (Å²) < 4.78 is 0. The highest BCUT2D eigenvalue weighted by Crippen LogP contribution is 2.30. The van der Waals surface area contributed by atoms with E-state index in [1.165, 1.54) is 0 Å². The molecule has 0 aliphatic rings. The first-order valence-corrected chi connectivity index (χ1v) is 5.42. The number of hydrogen-bond donors (Lipinski definition) is 2. The molecule has 3 heteroatoms. The van der Waals surface area contributed by atoms with Crippen LogP contribution in [0.5, 0.6) is 0 Å². The lowest BCUT2D eigenvalue weighted by Crippen LogP contribution is -1.97. The number of nitrogen functional groups attached to an aromatic ring is 2. The number of rotatable bonds is 3. The van der Waals surface area contributed by atoms with Gasteiger partial charge in [-0.25, -0.2) is 0 Å². The highest BCUT2D eigenvalue weighted by atomic mass is 32.2. The van der Waals surface area contributed by atoms with E-state index in [0.717, 1.165) is 34.0 Å². The normalized spacial score (nSPS) is 10.3. The van der Waals surface area contributed by atoms with Crippen LogP contribution in [0.4, 0.5) is 11.4 Å². The summed E-state index contributed by atoms with van der Waals surface area (Å²) in [6, 6.07) is 3.92. The van der Waals surface area contributed by atoms with Crippen LogP contribution in [-0.4, -0.2) is 5.75 Å². The van der Waals surface area contributed by atoms with Gasteiger partial charge in [0.25, 0.3) is 0 Å². The predicted octanol–water partition coefficient (Wildman–Crippen LogP) is 2.66. The SMILES string of the molecule is CCCSc1ccc(N)c(C)c1N. The van der Waals surface area contributed by atoms with Crippen LogP contribution in [0, 0.1) is 6.92 Å². The van der Waals surface area contributed by atoms with E-state index in [1.807, 2.05) is 19.1 Å². The topological polar surface area (TPSA) is 52.0 Å². The summed E-state index contributed by atoms with van der Waals surface area (Å²) >= 11 is 1.79. The quantitative estimate of drug-likeness (QED) is 0.577. The van der Waals surface area contributed by atoms with Crippen molar-refractivity contribution >= 4 is 23.1 Å². The van der Waals surface area contributed by atoms with E-state index in [4.69, 9.17) is 11.5 Å². The highest BCUT2D eigenvalue weighted by Gasteiger charge is 2.04. The first-order chi connectivity index (χ1) is 6.16. The monoisotopic (exact) mass is 196 g/mol. The summed E-state index contributed by atoms with van der Waals surface area (Å²) in [7, 11) is 0. The van der Waals surface area contributed by atoms with Gasteiger partial charge < -0.3 is 11.5 Å². The average Bonchev–Trinajstić information content (AvgIpc) is 2.13. The fraction of sp³-hybridized carbons (Fsp3) is 0.400. The maximum atomic E-state index is 5.92. The Hall–Kier alpha value is -0.830. The molecule has 0 saturated carbocycles. The molecule has 0 atom stereocenters. The van der Waals surface area contributed by atoms with Crippen molar-refractivity contribution in [2.24, 2.45) is 0 Å². The van der Waals surface area contributed by atoms with Gasteiger partial charge in [-0.2, -0.15) is 0 Å². The number of thioether (sulfide) groups is 1. The molecule has 0 amide bonds. The number of benzene rings is 1. The summed E-state index contributed by atoms with van der Waals surface area (Å²) in [5.74, 6) is 1.10. The third-order valence-corrected chi connectivity index (χ3v) is 3.26. The smallest absolute Gasteiger partial charge is 0.0502 e. The minimum atomic E-state index is 0.776. The van der Waals surface area contributed by atoms with Crippen LogP contribution in [-0.2, 0) is 0 Å². The third kappa shape index (κ3) is 2.31. The lowest BCUT2D eigenvalue weighted by molar-refractivity contribution is 1.10. The lowest BCUT2D eigenvalue weighted by atomic mass is 10.2. The fourth-order valence-corrected chi connectivity index (χ4v) is 1.96. The minimum absolute atomic E-state index is 0.776. The van der Waals surface area contributed by atoms with Gasteiger partial charge in [-0.15, -0.1) is 11.8 Å². The van der Waals surface area contributed by atoms with Gasteiger partial charge in [-0.1, -0.05) is 6.92 Å². The Balaban J connectivity index is 2.90. The Morgan fingerprint density at radius 3 is 2.62 bits per heavy atom. The molecule has 0 aliphatic carbocycles. The van der Waals surface area contributed by atoms with Gasteiger partial charge in [0.1, 0.15) is 0 Å². The molecular formula is C10H16N2S. The summed E-state index contributed by atoms with van der Waals surface area (Å²) in [5.41, 5.74) is 14.3. The van der Waals surface area contributed by atoms with Crippen molar-refractivity contribution in [2.45, 2.75) is 25.2 Å². The van der Waals surface area contributed by atoms with Gasteiger partial charge in [0.15, 0.2) is 0 Å². The molecule has 0 fully saturated rings. The van der Waals surface area contributed by atoms with Crippen LogP contribution in [0.3, 0.4) is 0 Å². The lowest BCUT2D eigenvalue weighted by Gasteiger charge is -2.09. The Labute approximate surface area is 83.7 Å². The van der Waals surface area contributed by atoms with Gasteiger partial charge in [-0.05, 0) is 36.8 Å². The second kappa shape index (κ2) is 4.42. The van der Waals surface area contributed by atoms with Crippen LogP contribution in [0.25, 0.3) is 0 Å². The van der Waals surface area contributed by atoms with Crippen LogP contribution in [0.15, 0.2) is 17.0 Å². The molecule has 13 heavy (non-hydrogen) atoms. The van der Waals surface area contributed by atoms with Gasteiger partial charge >= 0.3 is 0 Å². The van der Waals surface area contributed by atoms with Crippen molar-refractivity contribution in [3.8, 4) is 0 Å². The maximum Gasteiger partial charge on any atom is 0.0502 e. The molecule has 0 unspecified atom stereocenters. The fourth-order valence-electron chi connectivity index (χ4n) is 1.06. The van der Waals surface area contributed by atoms with Gasteiger partial charge in [0.2, 0.25) is 0 Å². The minimum Gasteiger partial charge on any atom is -0.398 e. The molecule has 0 radical (unpaired) electrons. The number of hydrogen-bond acceptors (Lipinski definition) is 3. The summed E-state index contributed by atoms with van der Waals surface area (Å²) in [4.78, 5) is 1.15. The Kier molecular flexibility index (Phi) is 3.48. The second-order valence-electron chi connectivity index (χ2n) is 3.04. The zero-order chi connectivity index (χ0) is 9.84. The molecule has 1 aromatic rings. The Morgan fingerprint density at radius 1 is 1.31 bits per heavy atom. The van der Waals surface area contributed by atoms with Crippen LogP contribution >= 0.6 is 11.8 Å². The van der Waals surface area contributed by atoms with Gasteiger partial charge in [-0.3, -0.25) is 0 Å². The van der Waals surface area contributed by atoms with E-state index in [-0.39, 0.29) is 0 Å². The summed E-state index contributed by atoms with van der Waals surface area (Å²) in [6.45, 7) is 4.12. The maximum absolute atomic E-state index is 5.92. The van der Waals surface area contributed by atoms with Crippen molar-refractivity contribution in [2.75, 3.05) is 17.2 Å². The first-order valence-electron chi connectivity index (χ1n) is 4.44. The molecule has 0 spiro atoms. The van der Waals surface area contributed by atoms with E-state index in [0.29, 0.717) is 0 Å². The number of anilines is 2. The molecule has 4 N–H and O–H groups in total. The van der Waals surface area contributed by atoms with E-state index in [1.54, 1.807) is 11.8 Å². The molecule has 0 saturated heterocycles. The van der Waals surface area contributed by atoms with E-state index in [9.17, 15) is 0 Å². The van der Waals surface area contributed by atoms with E-state index < -0.39 is 0 Å². The van der Waals surface area contributed by atoms with Crippen molar-refractivity contribution in [3.63, 3.8) is 0 Å². The van der Waals surface area contributed by atoms with Crippen molar-refractivity contribution in [1.29, 1.82) is 0 Å². The molecule has 0 aliphatic heterocycles. The molecule has 0 bridgehead atoms. The zero-order valence-corrected chi connectivity index (χ0v) is 8.95. The standard InChI is InChI=1S/C10H16N2S/c1-3-6-13-9-5-4-8(11)7(2)10(9)12/h4-5H,3,6,11-12H2,1-2H3. The summed E-state index contributed by atoms with van der Waals surface area (Å²) in [6.07, 6.45) is 1.16. The number of nitrogens with two attached hydrogens (primary N) is 2. The third-order valence-electron chi connectivity index (χ3n) is 1.98. The summed E-state index contributed by atoms with van der Waals surface area (Å²) in [5, 5.41) is 0. The Morgan fingerprint density at radius 2 is 2.00 bits per heavy atom. The van der Waals surface area contributed by atoms with Crippen molar-refractivity contribution in [1.82, 2.24) is 0 Å². The second-order valence-corrected chi connectivity index (χ2v) is 4.18. The van der Waals surface area contributed by atoms with Crippen molar-refractivity contribution < 1.29 is 0 Å². The molecular weight excluding hydrogens is 180 g/mol. The first kappa shape index (κ1) is 10.3. The highest BCUT2D eigenvalue weighted by molar-refractivity contribution is 7.99. The van der Waals surface area contributed by atoms with Crippen LogP contribution in [0.2, 0.25) is 0 Å². The zero-order valence-electron chi connectivity index (χ0n) is 8.13. The Bertz CT molecular complexity index is 297. The van der Waals surface area contributed by atoms with Crippen molar-refractivity contribution in [3.05, 3.63) is 17.7 Å². The average molecular weight is 196 g/mol. The molecule has 1 aromatic carbocycles. The molecule has 72 valence electrons. The van der Waals surface area contributed by atoms with E-state index >= 15 is 0 Å². The molecule has 0 heterocycles. The van der Waals surface area contributed by atoms with Crippen LogP contribution < -0.4 is 11.5 Å².